The van der Waals surface area contributed by atoms with Crippen molar-refractivity contribution in [3.05, 3.63) is 36.0 Å². The van der Waals surface area contributed by atoms with Crippen molar-refractivity contribution in [3.63, 3.8) is 0 Å². The van der Waals surface area contributed by atoms with Gasteiger partial charge in [0, 0.05) is 23.0 Å². The largest absolute Gasteiger partial charge is 0.384 e. The summed E-state index contributed by atoms with van der Waals surface area (Å²) in [5.41, 5.74) is 9.33. The summed E-state index contributed by atoms with van der Waals surface area (Å²) >= 11 is 2.01. The van der Waals surface area contributed by atoms with Crippen LogP contribution >= 0.6 is 11.8 Å². The lowest BCUT2D eigenvalue weighted by Crippen LogP contribution is -2.15. The second kappa shape index (κ2) is 3.87. The number of aromatic nitrogens is 2. The molecule has 16 heavy (non-hydrogen) atoms. The molecule has 0 saturated carbocycles. The summed E-state index contributed by atoms with van der Waals surface area (Å²) in [5.74, 6) is 3.90. The molecule has 0 unspecified atom stereocenters. The van der Waals surface area contributed by atoms with Crippen molar-refractivity contribution in [1.29, 1.82) is 0 Å². The lowest BCUT2D eigenvalue weighted by Gasteiger charge is -2.25. The molecule has 2 heterocycles. The van der Waals surface area contributed by atoms with Gasteiger partial charge in [-0.1, -0.05) is 24.3 Å². The molecule has 1 aliphatic rings. The van der Waals surface area contributed by atoms with Gasteiger partial charge in [0.2, 0.25) is 0 Å². The van der Waals surface area contributed by atoms with Crippen LogP contribution in [0.3, 0.4) is 0 Å². The van der Waals surface area contributed by atoms with E-state index in [1.54, 1.807) is 6.20 Å². The predicted octanol–water partition coefficient (Wildman–Crippen LogP) is 2.49. The minimum atomic E-state index is 0.631. The van der Waals surface area contributed by atoms with Gasteiger partial charge < -0.3 is 5.73 Å². The van der Waals surface area contributed by atoms with Crippen LogP contribution in [0, 0.1) is 0 Å². The van der Waals surface area contributed by atoms with Gasteiger partial charge in [-0.15, -0.1) is 0 Å². The fourth-order valence-corrected chi connectivity index (χ4v) is 2.75. The standard InChI is InChI=1S/C12H13N3S/c13-12-11(5-14-15-12)9-3-1-8(2-4-9)10-6-16-7-10/h1-5,10H,6-7H2,(H3,13,14,15). The van der Waals surface area contributed by atoms with Crippen LogP contribution < -0.4 is 5.73 Å². The highest BCUT2D eigenvalue weighted by Crippen LogP contribution is 2.35. The Morgan fingerprint density at radius 3 is 2.50 bits per heavy atom. The number of hydrogen-bond acceptors (Lipinski definition) is 3. The average molecular weight is 231 g/mol. The van der Waals surface area contributed by atoms with Crippen molar-refractivity contribution in [2.24, 2.45) is 0 Å². The summed E-state index contributed by atoms with van der Waals surface area (Å²) in [7, 11) is 0. The highest BCUT2D eigenvalue weighted by atomic mass is 32.2. The van der Waals surface area contributed by atoms with E-state index >= 15 is 0 Å². The molecular weight excluding hydrogens is 218 g/mol. The van der Waals surface area contributed by atoms with Gasteiger partial charge in [0.05, 0.1) is 6.20 Å². The first-order valence-electron chi connectivity index (χ1n) is 5.31. The molecule has 4 heteroatoms. The summed E-state index contributed by atoms with van der Waals surface area (Å²) < 4.78 is 0. The molecule has 0 spiro atoms. The number of aromatic amines is 1. The third kappa shape index (κ3) is 1.59. The molecule has 82 valence electrons. The number of thioether (sulfide) groups is 1. The zero-order chi connectivity index (χ0) is 11.0. The third-order valence-electron chi connectivity index (χ3n) is 3.00. The molecule has 3 rings (SSSR count). The van der Waals surface area contributed by atoms with Crippen LogP contribution in [0.1, 0.15) is 11.5 Å². The number of nitrogens with two attached hydrogens (primary N) is 1. The number of anilines is 1. The molecule has 2 aromatic rings. The smallest absolute Gasteiger partial charge is 0.126 e. The van der Waals surface area contributed by atoms with Gasteiger partial charge in [0.25, 0.3) is 0 Å². The second-order valence-corrected chi connectivity index (χ2v) is 5.13. The van der Waals surface area contributed by atoms with E-state index in [0.29, 0.717) is 5.82 Å². The van der Waals surface area contributed by atoms with Gasteiger partial charge in [0.1, 0.15) is 5.82 Å². The van der Waals surface area contributed by atoms with E-state index in [2.05, 4.69) is 34.5 Å². The van der Waals surface area contributed by atoms with Crippen molar-refractivity contribution in [2.45, 2.75) is 5.92 Å². The molecule has 1 aromatic heterocycles. The van der Waals surface area contributed by atoms with Gasteiger partial charge in [-0.05, 0) is 11.1 Å². The predicted molar refractivity (Wildman–Crippen MR) is 68.5 cm³/mol. The molecule has 0 aliphatic carbocycles. The van der Waals surface area contributed by atoms with E-state index in [1.807, 2.05) is 11.8 Å². The van der Waals surface area contributed by atoms with Crippen molar-refractivity contribution in [3.8, 4) is 11.1 Å². The number of H-pyrrole nitrogens is 1. The Kier molecular flexibility index (Phi) is 2.36. The molecule has 1 fully saturated rings. The van der Waals surface area contributed by atoms with Crippen LogP contribution in [-0.2, 0) is 0 Å². The van der Waals surface area contributed by atoms with Crippen LogP contribution in [0.15, 0.2) is 30.5 Å². The van der Waals surface area contributed by atoms with E-state index < -0.39 is 0 Å². The van der Waals surface area contributed by atoms with E-state index in [4.69, 9.17) is 5.73 Å². The van der Waals surface area contributed by atoms with Gasteiger partial charge in [-0.2, -0.15) is 16.9 Å². The molecule has 0 radical (unpaired) electrons. The Morgan fingerprint density at radius 2 is 2.00 bits per heavy atom. The molecule has 3 N–H and O–H groups in total. The van der Waals surface area contributed by atoms with E-state index in [1.165, 1.54) is 17.1 Å². The summed E-state index contributed by atoms with van der Waals surface area (Å²) in [6.45, 7) is 0. The number of nitrogen functional groups attached to an aromatic ring is 1. The average Bonchev–Trinajstić information content (AvgIpc) is 2.63. The van der Waals surface area contributed by atoms with Crippen molar-refractivity contribution in [1.82, 2.24) is 10.2 Å². The maximum Gasteiger partial charge on any atom is 0.126 e. The molecular formula is C12H13N3S. The first-order valence-corrected chi connectivity index (χ1v) is 6.47. The summed E-state index contributed by atoms with van der Waals surface area (Å²) in [4.78, 5) is 0. The number of nitrogens with zero attached hydrogens (tertiary/aromatic N) is 1. The van der Waals surface area contributed by atoms with Crippen LogP contribution in [-0.4, -0.2) is 21.7 Å². The van der Waals surface area contributed by atoms with Gasteiger partial charge in [-0.3, -0.25) is 5.10 Å². The minimum Gasteiger partial charge on any atom is -0.384 e. The Hall–Kier alpha value is -1.42. The monoisotopic (exact) mass is 231 g/mol. The SMILES string of the molecule is Nc1[nH]ncc1-c1ccc(C2CSC2)cc1. The van der Waals surface area contributed by atoms with Crippen LogP contribution in [0.4, 0.5) is 5.82 Å². The summed E-state index contributed by atoms with van der Waals surface area (Å²) in [6, 6.07) is 8.65. The molecule has 1 aliphatic heterocycles. The normalized spacial score (nSPS) is 16.0. The Balaban J connectivity index is 1.90. The lowest BCUT2D eigenvalue weighted by molar-refractivity contribution is 0.850. The number of rotatable bonds is 2. The highest BCUT2D eigenvalue weighted by molar-refractivity contribution is 8.00. The zero-order valence-electron chi connectivity index (χ0n) is 8.81. The van der Waals surface area contributed by atoms with E-state index in [9.17, 15) is 0 Å². The number of benzene rings is 1. The number of nitrogens with one attached hydrogen (secondary N) is 1. The quantitative estimate of drug-likeness (QED) is 0.835. The van der Waals surface area contributed by atoms with Gasteiger partial charge in [0.15, 0.2) is 0 Å². The summed E-state index contributed by atoms with van der Waals surface area (Å²) in [5, 5.41) is 6.68. The second-order valence-electron chi connectivity index (χ2n) is 4.05. The fourth-order valence-electron chi connectivity index (χ4n) is 1.89. The molecule has 3 nitrogen and oxygen atoms in total. The van der Waals surface area contributed by atoms with Crippen LogP contribution in [0.25, 0.3) is 11.1 Å². The lowest BCUT2D eigenvalue weighted by atomic mass is 9.99. The van der Waals surface area contributed by atoms with Crippen LogP contribution in [0.2, 0.25) is 0 Å². The van der Waals surface area contributed by atoms with Crippen molar-refractivity contribution < 1.29 is 0 Å². The molecule has 0 atom stereocenters. The Labute approximate surface area is 98.4 Å². The summed E-state index contributed by atoms with van der Waals surface area (Å²) in [6.07, 6.45) is 1.77. The van der Waals surface area contributed by atoms with Crippen molar-refractivity contribution >= 4 is 17.6 Å². The van der Waals surface area contributed by atoms with Crippen molar-refractivity contribution in [2.75, 3.05) is 17.2 Å². The van der Waals surface area contributed by atoms with Crippen LogP contribution in [0.5, 0.6) is 0 Å². The molecule has 1 saturated heterocycles. The Morgan fingerprint density at radius 1 is 1.25 bits per heavy atom. The van der Waals surface area contributed by atoms with E-state index in [-0.39, 0.29) is 0 Å². The van der Waals surface area contributed by atoms with Gasteiger partial charge in [-0.25, -0.2) is 0 Å². The first-order chi connectivity index (χ1) is 7.84. The fraction of sp³-hybridized carbons (Fsp3) is 0.250. The molecule has 1 aromatic carbocycles. The molecule has 0 amide bonds. The molecule has 0 bridgehead atoms. The third-order valence-corrected chi connectivity index (χ3v) is 4.28. The highest BCUT2D eigenvalue weighted by Gasteiger charge is 2.19. The zero-order valence-corrected chi connectivity index (χ0v) is 9.63. The topological polar surface area (TPSA) is 54.7 Å². The minimum absolute atomic E-state index is 0.631. The number of hydrogen-bond donors (Lipinski definition) is 2. The van der Waals surface area contributed by atoms with Gasteiger partial charge >= 0.3 is 0 Å². The Bertz CT molecular complexity index is 485. The maximum atomic E-state index is 5.79. The maximum absolute atomic E-state index is 5.79. The van der Waals surface area contributed by atoms with E-state index in [0.717, 1.165) is 17.0 Å². The first kappa shape index (κ1) is 9.78.